The van der Waals surface area contributed by atoms with Gasteiger partial charge in [0.1, 0.15) is 6.54 Å². The van der Waals surface area contributed by atoms with Crippen LogP contribution in [0, 0.1) is 29.6 Å². The molecule has 1 aromatic heterocycles. The fourth-order valence-corrected chi connectivity index (χ4v) is 9.45. The predicted molar refractivity (Wildman–Crippen MR) is 108 cm³/mol. The van der Waals surface area contributed by atoms with Gasteiger partial charge in [-0.25, -0.2) is 0 Å². The number of fused-ring (bicyclic) bond motifs is 9. The summed E-state index contributed by atoms with van der Waals surface area (Å²) in [5, 5.41) is 1.12. The number of esters is 1. The molecule has 4 aliphatic rings. The Labute approximate surface area is 176 Å². The maximum absolute atomic E-state index is 13.2. The normalized spacial score (nSPS) is 36.4. The van der Waals surface area contributed by atoms with Crippen molar-refractivity contribution in [3.8, 4) is 0 Å². The van der Waals surface area contributed by atoms with Gasteiger partial charge in [-0.3, -0.25) is 24.1 Å². The van der Waals surface area contributed by atoms with E-state index in [2.05, 4.69) is 18.8 Å². The van der Waals surface area contributed by atoms with Crippen LogP contribution >= 0.6 is 23.1 Å². The lowest BCUT2D eigenvalue weighted by atomic mass is 9.64. The van der Waals surface area contributed by atoms with Crippen LogP contribution in [-0.4, -0.2) is 45.6 Å². The highest BCUT2D eigenvalue weighted by Crippen LogP contribution is 2.68. The maximum Gasteiger partial charge on any atom is 0.326 e. The minimum atomic E-state index is -0.541. The van der Waals surface area contributed by atoms with Crippen LogP contribution in [0.1, 0.15) is 39.0 Å². The zero-order chi connectivity index (χ0) is 20.8. The maximum atomic E-state index is 13.2. The number of thioether (sulfide) groups is 1. The molecule has 0 radical (unpaired) electrons. The number of carbonyl (C=O) groups excluding carboxylic acids is 3. The third-order valence-corrected chi connectivity index (χ3v) is 9.94. The van der Waals surface area contributed by atoms with Crippen LogP contribution in [0.3, 0.4) is 0 Å². The van der Waals surface area contributed by atoms with Gasteiger partial charge in [0, 0.05) is 15.5 Å². The molecule has 0 aromatic carbocycles. The Hall–Kier alpha value is -1.61. The highest BCUT2D eigenvalue weighted by atomic mass is 32.2. The monoisotopic (exact) mass is 436 g/mol. The third-order valence-electron chi connectivity index (χ3n) is 7.14. The van der Waals surface area contributed by atoms with Crippen molar-refractivity contribution in [2.75, 3.05) is 6.54 Å². The van der Waals surface area contributed by atoms with E-state index in [0.29, 0.717) is 0 Å². The van der Waals surface area contributed by atoms with Crippen molar-refractivity contribution in [3.05, 3.63) is 14.5 Å². The first kappa shape index (κ1) is 19.4. The Kier molecular flexibility index (Phi) is 4.14. The van der Waals surface area contributed by atoms with Gasteiger partial charge >= 0.3 is 10.8 Å². The number of imide groups is 1. The molecule has 2 amide bonds. The molecule has 0 spiro atoms. The predicted octanol–water partition coefficient (Wildman–Crippen LogP) is 2.01. The number of aromatic nitrogens is 1. The molecule has 1 saturated heterocycles. The van der Waals surface area contributed by atoms with Crippen LogP contribution in [0.2, 0.25) is 0 Å². The molecular formula is C20H24N2O5S2. The molecule has 2 bridgehead atoms. The third kappa shape index (κ3) is 2.55. The number of hydrogen-bond acceptors (Lipinski definition) is 7. The van der Waals surface area contributed by atoms with Crippen molar-refractivity contribution < 1.29 is 19.1 Å². The molecule has 7 nitrogen and oxygen atoms in total. The topological polar surface area (TPSA) is 96.5 Å². The first-order valence-corrected chi connectivity index (χ1v) is 11.8. The van der Waals surface area contributed by atoms with Crippen molar-refractivity contribution in [2.45, 2.75) is 55.9 Å². The highest BCUT2D eigenvalue weighted by Gasteiger charge is 2.70. The lowest BCUT2D eigenvalue weighted by Crippen LogP contribution is -2.48. The van der Waals surface area contributed by atoms with E-state index in [4.69, 9.17) is 4.74 Å². The van der Waals surface area contributed by atoms with Gasteiger partial charge in [0.05, 0.1) is 23.0 Å². The number of rotatable bonds is 3. The number of carbonyl (C=O) groups is 3. The van der Waals surface area contributed by atoms with Crippen LogP contribution in [-0.2, 0) is 24.5 Å². The summed E-state index contributed by atoms with van der Waals surface area (Å²) in [6.45, 7) is 7.50. The smallest absolute Gasteiger partial charge is 0.326 e. The van der Waals surface area contributed by atoms with Gasteiger partial charge in [-0.2, -0.15) is 0 Å². The zero-order valence-corrected chi connectivity index (χ0v) is 18.4. The van der Waals surface area contributed by atoms with Gasteiger partial charge in [0.15, 0.2) is 0 Å². The fourth-order valence-electron chi connectivity index (χ4n) is 6.30. The second kappa shape index (κ2) is 6.20. The molecule has 5 rings (SSSR count). The molecule has 1 aromatic rings. The molecule has 156 valence electrons. The number of ether oxygens (including phenoxy) is 1. The standard InChI is InChI=1S/C20H24N2O5S2/c1-7(2)27-10(23)6-22-17(24)11-8-5-9(12(11)18(22)25)14-13(8)20(3,4)15-16(28-14)21-19(26)29-15/h7-9,11-14H,5-6H2,1-4H3,(H,21,26)/t8-,9-,11-,12-,13+,14+/m0/s1. The van der Waals surface area contributed by atoms with Crippen LogP contribution in [0.25, 0.3) is 0 Å². The summed E-state index contributed by atoms with van der Waals surface area (Å²) >= 11 is 2.93. The SMILES string of the molecule is CC(C)OC(=O)CN1C(=O)[C@H]2[C@@H]3C[C@@H]([C@@H]2C1=O)[C@@H]1[C@@H]3Sc2[nH]c(=O)sc2C1(C)C. The van der Waals surface area contributed by atoms with Crippen molar-refractivity contribution in [1.29, 1.82) is 0 Å². The lowest BCUT2D eigenvalue weighted by Gasteiger charge is -2.47. The molecule has 3 heterocycles. The molecule has 1 N–H and O–H groups in total. The molecule has 2 aliphatic carbocycles. The molecule has 29 heavy (non-hydrogen) atoms. The van der Waals surface area contributed by atoms with Gasteiger partial charge in [0.25, 0.3) is 0 Å². The van der Waals surface area contributed by atoms with E-state index in [9.17, 15) is 19.2 Å². The largest absolute Gasteiger partial charge is 0.462 e. The average molecular weight is 437 g/mol. The summed E-state index contributed by atoms with van der Waals surface area (Å²) in [5.41, 5.74) is -0.229. The van der Waals surface area contributed by atoms with E-state index in [0.717, 1.165) is 21.2 Å². The van der Waals surface area contributed by atoms with E-state index in [1.165, 1.54) is 11.3 Å². The van der Waals surface area contributed by atoms with Crippen LogP contribution in [0.4, 0.5) is 0 Å². The van der Waals surface area contributed by atoms with Crippen molar-refractivity contribution in [2.24, 2.45) is 29.6 Å². The quantitative estimate of drug-likeness (QED) is 0.575. The van der Waals surface area contributed by atoms with Crippen molar-refractivity contribution in [3.63, 3.8) is 0 Å². The van der Waals surface area contributed by atoms with Gasteiger partial charge in [-0.05, 0) is 38.0 Å². The molecule has 2 aliphatic heterocycles. The fraction of sp³-hybridized carbons (Fsp3) is 0.700. The summed E-state index contributed by atoms with van der Waals surface area (Å²) in [6, 6.07) is 0. The summed E-state index contributed by atoms with van der Waals surface area (Å²) in [6.07, 6.45) is 0.578. The number of hydrogen-bond donors (Lipinski definition) is 1. The van der Waals surface area contributed by atoms with E-state index in [1.807, 2.05) is 0 Å². The Bertz CT molecular complexity index is 980. The summed E-state index contributed by atoms with van der Waals surface area (Å²) in [5.74, 6) is -1.26. The van der Waals surface area contributed by atoms with Crippen molar-refractivity contribution in [1.82, 2.24) is 9.88 Å². The molecule has 3 fully saturated rings. The van der Waals surface area contributed by atoms with Gasteiger partial charge in [-0.15, -0.1) is 11.8 Å². The molecule has 9 heteroatoms. The molecule has 2 saturated carbocycles. The van der Waals surface area contributed by atoms with Crippen molar-refractivity contribution >= 4 is 40.9 Å². The molecule has 6 atom stereocenters. The van der Waals surface area contributed by atoms with E-state index in [-0.39, 0.29) is 69.6 Å². The van der Waals surface area contributed by atoms with Gasteiger partial charge in [-0.1, -0.05) is 25.2 Å². The number of nitrogens with zero attached hydrogens (tertiary/aromatic N) is 1. The Balaban J connectivity index is 1.46. The van der Waals surface area contributed by atoms with Gasteiger partial charge < -0.3 is 9.72 Å². The van der Waals surface area contributed by atoms with Gasteiger partial charge in [0.2, 0.25) is 11.8 Å². The number of likely N-dealkylation sites (tertiary alicyclic amines) is 1. The van der Waals surface area contributed by atoms with Crippen LogP contribution < -0.4 is 4.87 Å². The highest BCUT2D eigenvalue weighted by molar-refractivity contribution is 8.00. The Morgan fingerprint density at radius 1 is 1.21 bits per heavy atom. The van der Waals surface area contributed by atoms with E-state index in [1.54, 1.807) is 25.6 Å². The van der Waals surface area contributed by atoms with E-state index >= 15 is 0 Å². The summed E-state index contributed by atoms with van der Waals surface area (Å²) in [4.78, 5) is 55.5. The second-order valence-corrected chi connectivity index (χ2v) is 11.6. The second-order valence-electron chi connectivity index (χ2n) is 9.42. The number of amides is 2. The average Bonchev–Trinajstić information content (AvgIpc) is 3.32. The first-order valence-electron chi connectivity index (χ1n) is 10.1. The zero-order valence-electron chi connectivity index (χ0n) is 16.8. The number of H-pyrrole nitrogens is 1. The van der Waals surface area contributed by atoms with Crippen LogP contribution in [0.5, 0.6) is 0 Å². The lowest BCUT2D eigenvalue weighted by molar-refractivity contribution is -0.155. The number of thiazole rings is 1. The number of aromatic amines is 1. The first-order chi connectivity index (χ1) is 13.6. The van der Waals surface area contributed by atoms with Crippen LogP contribution in [0.15, 0.2) is 9.82 Å². The Morgan fingerprint density at radius 2 is 1.86 bits per heavy atom. The molecular weight excluding hydrogens is 412 g/mol. The Morgan fingerprint density at radius 3 is 2.52 bits per heavy atom. The van der Waals surface area contributed by atoms with E-state index < -0.39 is 5.97 Å². The minimum absolute atomic E-state index is 0.0508. The molecule has 0 unspecified atom stereocenters. The number of nitrogens with one attached hydrogen (secondary N) is 1. The summed E-state index contributed by atoms with van der Waals surface area (Å²) in [7, 11) is 0. The summed E-state index contributed by atoms with van der Waals surface area (Å²) < 4.78 is 5.15. The minimum Gasteiger partial charge on any atom is -0.462 e.